The molecule has 0 spiro atoms. The summed E-state index contributed by atoms with van der Waals surface area (Å²) < 4.78 is 6.21. The van der Waals surface area contributed by atoms with Crippen LogP contribution in [0.15, 0.2) is 11.1 Å². The quantitative estimate of drug-likeness (QED) is 0.169. The minimum absolute atomic E-state index is 0.0201. The number of esters is 1. The van der Waals surface area contributed by atoms with Gasteiger partial charge in [-0.25, -0.2) is 0 Å². The summed E-state index contributed by atoms with van der Waals surface area (Å²) in [5, 5.41) is 7.00. The van der Waals surface area contributed by atoms with Crippen molar-refractivity contribution in [1.29, 1.82) is 0 Å². The number of hydrogen-bond donors (Lipinski definition) is 2. The Bertz CT molecular complexity index is 1250. The van der Waals surface area contributed by atoms with Crippen LogP contribution < -0.4 is 5.73 Å². The fourth-order valence-corrected chi connectivity index (χ4v) is 12.7. The molecule has 4 saturated carbocycles. The van der Waals surface area contributed by atoms with E-state index in [4.69, 9.17) is 15.6 Å². The van der Waals surface area contributed by atoms with Crippen LogP contribution >= 0.6 is 0 Å². The molecule has 0 heterocycles. The van der Waals surface area contributed by atoms with Gasteiger partial charge in [0.25, 0.3) is 0 Å². The molecule has 0 radical (unpaired) electrons. The van der Waals surface area contributed by atoms with Crippen molar-refractivity contribution >= 4 is 18.0 Å². The number of nitrogens with two attached hydrogens (primary N) is 1. The van der Waals surface area contributed by atoms with Gasteiger partial charge in [-0.1, -0.05) is 61.0 Å². The zero-order valence-electron chi connectivity index (χ0n) is 33.1. The Hall–Kier alpha value is -1.57. The van der Waals surface area contributed by atoms with Crippen molar-refractivity contribution in [3.8, 4) is 0 Å². The van der Waals surface area contributed by atoms with E-state index in [0.29, 0.717) is 48.5 Å². The fraction of sp³-hybridized carbons (Fsp3) is 0.881. The summed E-state index contributed by atoms with van der Waals surface area (Å²) in [7, 11) is 1.00. The Balaban J connectivity index is 0.00000265. The number of nitrogens with zero attached hydrogens (tertiary/aromatic N) is 1. The van der Waals surface area contributed by atoms with Crippen LogP contribution in [0.5, 0.6) is 0 Å². The minimum atomic E-state index is -0.694. The number of ether oxygens (including phenoxy) is 1. The molecule has 8 unspecified atom stereocenters. The summed E-state index contributed by atoms with van der Waals surface area (Å²) in [6.45, 7) is 25.2. The molecule has 7 heteroatoms. The van der Waals surface area contributed by atoms with E-state index in [-0.39, 0.29) is 46.1 Å². The molecule has 5 aliphatic carbocycles. The highest BCUT2D eigenvalue weighted by Gasteiger charge is 2.66. The number of aliphatic hydroxyl groups is 1. The second kappa shape index (κ2) is 14.8. The molecule has 7 nitrogen and oxygen atoms in total. The van der Waals surface area contributed by atoms with Crippen molar-refractivity contribution in [2.45, 2.75) is 152 Å². The van der Waals surface area contributed by atoms with Gasteiger partial charge in [-0.15, -0.1) is 0 Å². The van der Waals surface area contributed by atoms with Crippen LogP contribution in [0.4, 0.5) is 0 Å². The number of hydrogen-bond acceptors (Lipinski definition) is 7. The number of carbonyl (C=O) groups is 3. The third-order valence-corrected chi connectivity index (χ3v) is 14.9. The van der Waals surface area contributed by atoms with Crippen LogP contribution in [0.2, 0.25) is 0 Å². The maximum Gasteiger partial charge on any atom is 0.307 e. The molecule has 4 fully saturated rings. The highest BCUT2D eigenvalue weighted by molar-refractivity contribution is 6.00. The van der Waals surface area contributed by atoms with Crippen LogP contribution in [0.1, 0.15) is 140 Å². The Morgan fingerprint density at radius 2 is 1.61 bits per heavy atom. The third-order valence-electron chi connectivity index (χ3n) is 14.9. The highest BCUT2D eigenvalue weighted by atomic mass is 16.5. The lowest BCUT2D eigenvalue weighted by Crippen LogP contribution is -2.63. The Morgan fingerprint density at radius 1 is 0.959 bits per heavy atom. The zero-order valence-corrected chi connectivity index (χ0v) is 33.1. The Morgan fingerprint density at radius 3 is 2.20 bits per heavy atom. The van der Waals surface area contributed by atoms with Gasteiger partial charge in [0.2, 0.25) is 0 Å². The van der Waals surface area contributed by atoms with Crippen LogP contribution in [0.3, 0.4) is 0 Å². The van der Waals surface area contributed by atoms with Gasteiger partial charge in [0.1, 0.15) is 12.4 Å². The SMILES string of the molecule is CC(C)C1=C2C3CCC4C(C)(CCC5C(C)(C)C(OC(=O)CC(C)(C)C=O)CCC54C)C3CCC2(CCN(CCN)C(C)C)CC1=O.CO. The molecule has 0 saturated heterocycles. The average Bonchev–Trinajstić information content (AvgIpc) is 3.33. The summed E-state index contributed by atoms with van der Waals surface area (Å²) in [5.41, 5.74) is 8.45. The van der Waals surface area contributed by atoms with E-state index in [9.17, 15) is 14.4 Å². The largest absolute Gasteiger partial charge is 0.462 e. The summed E-state index contributed by atoms with van der Waals surface area (Å²) in [4.78, 5) is 40.9. The first-order valence-electron chi connectivity index (χ1n) is 19.7. The van der Waals surface area contributed by atoms with Crippen LogP contribution in [-0.4, -0.2) is 66.9 Å². The van der Waals surface area contributed by atoms with E-state index >= 15 is 0 Å². The van der Waals surface area contributed by atoms with Crippen molar-refractivity contribution in [2.24, 2.45) is 62.4 Å². The molecule has 0 amide bonds. The van der Waals surface area contributed by atoms with Crippen molar-refractivity contribution in [3.63, 3.8) is 0 Å². The molecule has 49 heavy (non-hydrogen) atoms. The summed E-state index contributed by atoms with van der Waals surface area (Å²) >= 11 is 0. The predicted molar refractivity (Wildman–Crippen MR) is 198 cm³/mol. The topological polar surface area (TPSA) is 110 Å². The zero-order chi connectivity index (χ0) is 36.7. The molecule has 8 atom stereocenters. The van der Waals surface area contributed by atoms with Gasteiger partial charge >= 0.3 is 5.97 Å². The summed E-state index contributed by atoms with van der Waals surface area (Å²) in [6, 6.07) is 0.455. The van der Waals surface area contributed by atoms with E-state index in [1.807, 2.05) is 13.8 Å². The van der Waals surface area contributed by atoms with Gasteiger partial charge < -0.3 is 20.4 Å². The molecular weight excluding hydrogens is 612 g/mol. The molecule has 0 aromatic heterocycles. The lowest BCUT2D eigenvalue weighted by molar-refractivity contribution is -0.213. The average molecular weight is 685 g/mol. The van der Waals surface area contributed by atoms with E-state index in [1.165, 1.54) is 31.3 Å². The Kier molecular flexibility index (Phi) is 12.2. The van der Waals surface area contributed by atoms with Gasteiger partial charge in [-0.05, 0) is 124 Å². The van der Waals surface area contributed by atoms with Crippen LogP contribution in [0, 0.1) is 56.7 Å². The van der Waals surface area contributed by atoms with Gasteiger partial charge in [0.05, 0.1) is 6.42 Å². The number of carbonyl (C=O) groups excluding carboxylic acids is 3. The lowest BCUT2D eigenvalue weighted by Gasteiger charge is -2.69. The third kappa shape index (κ3) is 7.12. The number of aldehydes is 1. The molecule has 280 valence electrons. The van der Waals surface area contributed by atoms with Crippen molar-refractivity contribution in [3.05, 3.63) is 11.1 Å². The second-order valence-corrected chi connectivity index (χ2v) is 19.1. The fourth-order valence-electron chi connectivity index (χ4n) is 12.7. The maximum atomic E-state index is 13.9. The standard InChI is InChI=1S/C41H68N2O4.CH4O/c1-26(2)35-30(45)23-41(19-21-43(22-20-42)27(3)4)18-13-29-28(36(35)41)11-12-32-39(29,9)16-14-31-38(7,8)33(15-17-40(31,32)10)47-34(46)24-37(5,6)25-44;1-2/h25-29,31-33H,11-24,42H2,1-10H3;2H,1H3. The number of Topliss-reactive ketones (excluding diaryl/α,β-unsaturated/α-hetero) is 1. The van der Waals surface area contributed by atoms with E-state index < -0.39 is 5.41 Å². The summed E-state index contributed by atoms with van der Waals surface area (Å²) in [6.07, 6.45) is 11.8. The second-order valence-electron chi connectivity index (χ2n) is 19.1. The van der Waals surface area contributed by atoms with Gasteiger partial charge in [-0.3, -0.25) is 14.5 Å². The summed E-state index contributed by atoms with van der Waals surface area (Å²) in [5.74, 6) is 2.72. The monoisotopic (exact) mass is 685 g/mol. The van der Waals surface area contributed by atoms with E-state index in [0.717, 1.165) is 58.6 Å². The van der Waals surface area contributed by atoms with E-state index in [2.05, 4.69) is 60.3 Å². The molecule has 5 aliphatic rings. The first-order valence-corrected chi connectivity index (χ1v) is 19.7. The molecule has 0 aromatic carbocycles. The normalized spacial score (nSPS) is 36.8. The first kappa shape index (κ1) is 40.2. The molecule has 0 aliphatic heterocycles. The minimum Gasteiger partial charge on any atom is -0.462 e. The molecule has 0 aromatic rings. The van der Waals surface area contributed by atoms with Crippen molar-refractivity contribution in [2.75, 3.05) is 26.7 Å². The smallest absolute Gasteiger partial charge is 0.307 e. The first-order chi connectivity index (χ1) is 22.9. The predicted octanol–water partition coefficient (Wildman–Crippen LogP) is 7.77. The number of allylic oxidation sites excluding steroid dienone is 2. The van der Waals surface area contributed by atoms with Crippen LogP contribution in [0.25, 0.3) is 0 Å². The number of fused-ring (bicyclic) bond motifs is 7. The Labute approximate surface area is 298 Å². The molecule has 3 N–H and O–H groups in total. The van der Waals surface area contributed by atoms with E-state index in [1.54, 1.807) is 5.57 Å². The van der Waals surface area contributed by atoms with Crippen molar-refractivity contribution < 1.29 is 24.2 Å². The van der Waals surface area contributed by atoms with Crippen LogP contribution in [-0.2, 0) is 19.1 Å². The number of ketones is 1. The maximum absolute atomic E-state index is 13.9. The highest BCUT2D eigenvalue weighted by Crippen LogP contribution is 2.73. The van der Waals surface area contributed by atoms with Crippen molar-refractivity contribution in [1.82, 2.24) is 4.90 Å². The number of rotatable bonds is 11. The van der Waals surface area contributed by atoms with Gasteiger partial charge in [-0.2, -0.15) is 0 Å². The van der Waals surface area contributed by atoms with Gasteiger partial charge in [0.15, 0.2) is 5.78 Å². The molecular formula is C42H72N2O5. The number of aliphatic hydroxyl groups excluding tert-OH is 1. The molecule has 0 bridgehead atoms. The van der Waals surface area contributed by atoms with Gasteiger partial charge in [0, 0.05) is 48.9 Å². The molecule has 5 rings (SSSR count). The lowest BCUT2D eigenvalue weighted by atomic mass is 9.36.